The average Bonchev–Trinajstić information content (AvgIpc) is 2.59. The van der Waals surface area contributed by atoms with Gasteiger partial charge in [0.25, 0.3) is 5.91 Å². The predicted octanol–water partition coefficient (Wildman–Crippen LogP) is 2.84. The molecule has 0 radical (unpaired) electrons. The van der Waals surface area contributed by atoms with Gasteiger partial charge in [-0.1, -0.05) is 13.0 Å². The maximum absolute atomic E-state index is 13.1. The van der Waals surface area contributed by atoms with Gasteiger partial charge in [0.1, 0.15) is 11.6 Å². The van der Waals surface area contributed by atoms with Crippen molar-refractivity contribution in [2.45, 2.75) is 25.2 Å². The summed E-state index contributed by atoms with van der Waals surface area (Å²) in [6.07, 6.45) is 0.694. The maximum Gasteiger partial charge on any atom is 0.262 e. The molecule has 0 aliphatic heterocycles. The minimum atomic E-state index is -3.56. The first-order valence-electron chi connectivity index (χ1n) is 8.10. The molecular weight excluding hydrogens is 359 g/mol. The van der Waals surface area contributed by atoms with Crippen LogP contribution in [0.1, 0.15) is 18.9 Å². The van der Waals surface area contributed by atoms with Gasteiger partial charge in [-0.15, -0.1) is 0 Å². The second kappa shape index (κ2) is 8.77. The number of anilines is 1. The number of ether oxygens (including phenoxy) is 1. The Morgan fingerprint density at radius 2 is 1.96 bits per heavy atom. The molecule has 1 amide bonds. The van der Waals surface area contributed by atoms with Crippen LogP contribution in [0.3, 0.4) is 0 Å². The molecule has 0 aromatic heterocycles. The summed E-state index contributed by atoms with van der Waals surface area (Å²) in [5.74, 6) is -0.502. The molecule has 0 saturated carbocycles. The molecule has 2 rings (SSSR count). The summed E-state index contributed by atoms with van der Waals surface area (Å²) in [4.78, 5) is 12.0. The van der Waals surface area contributed by atoms with Gasteiger partial charge in [-0.3, -0.25) is 4.79 Å². The summed E-state index contributed by atoms with van der Waals surface area (Å²) in [6, 6.07) is 9.94. The fourth-order valence-corrected chi connectivity index (χ4v) is 3.40. The van der Waals surface area contributed by atoms with Gasteiger partial charge < -0.3 is 10.1 Å². The van der Waals surface area contributed by atoms with Gasteiger partial charge >= 0.3 is 0 Å². The zero-order chi connectivity index (χ0) is 19.2. The van der Waals surface area contributed by atoms with Gasteiger partial charge in [0.2, 0.25) is 10.0 Å². The molecule has 8 heteroatoms. The zero-order valence-electron chi connectivity index (χ0n) is 14.6. The highest BCUT2D eigenvalue weighted by atomic mass is 32.2. The Hall–Kier alpha value is -2.45. The fraction of sp³-hybridized carbons (Fsp3) is 0.278. The molecule has 140 valence electrons. The van der Waals surface area contributed by atoms with Crippen LogP contribution in [-0.4, -0.2) is 27.5 Å². The Labute approximate surface area is 152 Å². The van der Waals surface area contributed by atoms with E-state index in [-0.39, 0.29) is 11.5 Å². The van der Waals surface area contributed by atoms with Crippen LogP contribution < -0.4 is 14.8 Å². The number of halogens is 1. The van der Waals surface area contributed by atoms with Crippen molar-refractivity contribution in [1.29, 1.82) is 0 Å². The van der Waals surface area contributed by atoms with Gasteiger partial charge in [-0.25, -0.2) is 17.5 Å². The minimum Gasteiger partial charge on any atom is -0.483 e. The summed E-state index contributed by atoms with van der Waals surface area (Å²) in [6.45, 7) is 3.65. The SMILES string of the molecule is CCCNS(=O)(=O)c1ccc(OCC(=O)Nc2cccc(F)c2)c(C)c1. The lowest BCUT2D eigenvalue weighted by atomic mass is 10.2. The van der Waals surface area contributed by atoms with E-state index in [4.69, 9.17) is 4.74 Å². The lowest BCUT2D eigenvalue weighted by molar-refractivity contribution is -0.118. The van der Waals surface area contributed by atoms with E-state index in [1.165, 1.54) is 36.4 Å². The first-order chi connectivity index (χ1) is 12.3. The van der Waals surface area contributed by atoms with Crippen LogP contribution in [-0.2, 0) is 14.8 Å². The highest BCUT2D eigenvalue weighted by Crippen LogP contribution is 2.22. The van der Waals surface area contributed by atoms with Crippen LogP contribution in [0.2, 0.25) is 0 Å². The van der Waals surface area contributed by atoms with E-state index in [0.717, 1.165) is 0 Å². The predicted molar refractivity (Wildman–Crippen MR) is 97.2 cm³/mol. The number of hydrogen-bond acceptors (Lipinski definition) is 4. The average molecular weight is 380 g/mol. The first-order valence-corrected chi connectivity index (χ1v) is 9.58. The molecule has 0 aliphatic rings. The Morgan fingerprint density at radius 1 is 1.19 bits per heavy atom. The molecular formula is C18H21FN2O4S. The Morgan fingerprint density at radius 3 is 2.62 bits per heavy atom. The molecule has 0 aliphatic carbocycles. The summed E-state index contributed by atoms with van der Waals surface area (Å²) < 4.78 is 45.2. The second-order valence-electron chi connectivity index (χ2n) is 5.67. The molecule has 2 aromatic carbocycles. The summed E-state index contributed by atoms with van der Waals surface area (Å²) in [5.41, 5.74) is 0.918. The van der Waals surface area contributed by atoms with Gasteiger partial charge in [0.05, 0.1) is 4.90 Å². The number of nitrogens with one attached hydrogen (secondary N) is 2. The Kier molecular flexibility index (Phi) is 6.70. The van der Waals surface area contributed by atoms with Crippen molar-refractivity contribution < 1.29 is 22.3 Å². The van der Waals surface area contributed by atoms with Gasteiger partial charge in [0, 0.05) is 12.2 Å². The van der Waals surface area contributed by atoms with E-state index in [1.54, 1.807) is 13.0 Å². The summed E-state index contributed by atoms with van der Waals surface area (Å²) >= 11 is 0. The molecule has 0 unspecified atom stereocenters. The van der Waals surface area contributed by atoms with E-state index in [9.17, 15) is 17.6 Å². The third kappa shape index (κ3) is 5.53. The number of carbonyl (C=O) groups is 1. The third-order valence-corrected chi connectivity index (χ3v) is 4.92. The van der Waals surface area contributed by atoms with Crippen molar-refractivity contribution in [2.75, 3.05) is 18.5 Å². The van der Waals surface area contributed by atoms with Crippen molar-refractivity contribution in [2.24, 2.45) is 0 Å². The lowest BCUT2D eigenvalue weighted by Gasteiger charge is -2.12. The molecule has 2 N–H and O–H groups in total. The van der Waals surface area contributed by atoms with Gasteiger partial charge in [0.15, 0.2) is 6.61 Å². The molecule has 0 heterocycles. The van der Waals surface area contributed by atoms with Crippen molar-refractivity contribution in [3.8, 4) is 5.75 Å². The van der Waals surface area contributed by atoms with Gasteiger partial charge in [-0.2, -0.15) is 0 Å². The summed E-state index contributed by atoms with van der Waals surface area (Å²) in [5, 5.41) is 2.52. The van der Waals surface area contributed by atoms with E-state index in [1.807, 2.05) is 6.92 Å². The standard InChI is InChI=1S/C18H21FN2O4S/c1-3-9-20-26(23,24)16-7-8-17(13(2)10-16)25-12-18(22)21-15-6-4-5-14(19)11-15/h4-8,10-11,20H,3,9,12H2,1-2H3,(H,21,22). The van der Waals surface area contributed by atoms with Crippen LogP contribution >= 0.6 is 0 Å². The monoisotopic (exact) mass is 380 g/mol. The molecule has 0 spiro atoms. The normalized spacial score (nSPS) is 11.2. The molecule has 2 aromatic rings. The number of aryl methyl sites for hydroxylation is 1. The van der Waals surface area contributed by atoms with Crippen molar-refractivity contribution in [3.05, 3.63) is 53.8 Å². The van der Waals surface area contributed by atoms with Crippen LogP contribution in [0, 0.1) is 12.7 Å². The molecule has 26 heavy (non-hydrogen) atoms. The van der Waals surface area contributed by atoms with E-state index in [0.29, 0.717) is 30.0 Å². The zero-order valence-corrected chi connectivity index (χ0v) is 15.4. The Bertz CT molecular complexity index is 885. The molecule has 0 atom stereocenters. The largest absolute Gasteiger partial charge is 0.483 e. The fourth-order valence-electron chi connectivity index (χ4n) is 2.18. The number of hydrogen-bond donors (Lipinski definition) is 2. The molecule has 6 nitrogen and oxygen atoms in total. The number of sulfonamides is 1. The maximum atomic E-state index is 13.1. The highest BCUT2D eigenvalue weighted by molar-refractivity contribution is 7.89. The molecule has 0 fully saturated rings. The van der Waals surface area contributed by atoms with Crippen molar-refractivity contribution in [1.82, 2.24) is 4.72 Å². The van der Waals surface area contributed by atoms with Crippen LogP contribution in [0.15, 0.2) is 47.4 Å². The Balaban J connectivity index is 1.98. The quantitative estimate of drug-likeness (QED) is 0.738. The third-order valence-electron chi connectivity index (χ3n) is 3.47. The number of benzene rings is 2. The first kappa shape index (κ1) is 19.9. The van der Waals surface area contributed by atoms with Crippen LogP contribution in [0.4, 0.5) is 10.1 Å². The smallest absolute Gasteiger partial charge is 0.262 e. The topological polar surface area (TPSA) is 84.5 Å². The van der Waals surface area contributed by atoms with Gasteiger partial charge in [-0.05, 0) is 55.3 Å². The van der Waals surface area contributed by atoms with E-state index >= 15 is 0 Å². The summed E-state index contributed by atoms with van der Waals surface area (Å²) in [7, 11) is -3.56. The lowest BCUT2D eigenvalue weighted by Crippen LogP contribution is -2.24. The van der Waals surface area contributed by atoms with E-state index in [2.05, 4.69) is 10.0 Å². The minimum absolute atomic E-state index is 0.139. The van der Waals surface area contributed by atoms with Crippen LogP contribution in [0.5, 0.6) is 5.75 Å². The molecule has 0 bridgehead atoms. The highest BCUT2D eigenvalue weighted by Gasteiger charge is 2.15. The second-order valence-corrected chi connectivity index (χ2v) is 7.44. The number of carbonyl (C=O) groups excluding carboxylic acids is 1. The number of rotatable bonds is 8. The number of amides is 1. The molecule has 0 saturated heterocycles. The van der Waals surface area contributed by atoms with Crippen molar-refractivity contribution in [3.63, 3.8) is 0 Å². The van der Waals surface area contributed by atoms with E-state index < -0.39 is 21.7 Å². The van der Waals surface area contributed by atoms with Crippen LogP contribution in [0.25, 0.3) is 0 Å². The van der Waals surface area contributed by atoms with Crippen molar-refractivity contribution >= 4 is 21.6 Å².